The van der Waals surface area contributed by atoms with Crippen molar-refractivity contribution in [3.63, 3.8) is 0 Å². The van der Waals surface area contributed by atoms with Crippen molar-refractivity contribution < 1.29 is 54.8 Å². The molecule has 4 aromatic heterocycles. The number of benzene rings is 4. The highest BCUT2D eigenvalue weighted by Crippen LogP contribution is 2.39. The largest absolute Gasteiger partial charge is 0.498 e. The van der Waals surface area contributed by atoms with Crippen LogP contribution < -0.4 is 16.9 Å². The van der Waals surface area contributed by atoms with Crippen LogP contribution in [0.2, 0.25) is 0 Å². The smallest absolute Gasteiger partial charge is 0.399 e. The lowest BCUT2D eigenvalue weighted by atomic mass is 9.79. The summed E-state index contributed by atoms with van der Waals surface area (Å²) in [6.45, 7) is 13.7. The molecule has 1 aliphatic heterocycles. The van der Waals surface area contributed by atoms with Gasteiger partial charge < -0.3 is 20.8 Å². The molecule has 3 aliphatic rings. The van der Waals surface area contributed by atoms with E-state index in [0.29, 0.717) is 55.9 Å². The van der Waals surface area contributed by atoms with Crippen LogP contribution in [0.25, 0.3) is 27.8 Å². The monoisotopic (exact) mass is 1290 g/mol. The average molecular weight is 1290 g/mol. The van der Waals surface area contributed by atoms with Gasteiger partial charge in [-0.25, -0.2) is 26.3 Å². The molecule has 11 rings (SSSR count). The molecule has 8 aromatic rings. The highest BCUT2D eigenvalue weighted by molar-refractivity contribution is 6.62. The Kier molecular flexibility index (Phi) is 22.4. The minimum Gasteiger partial charge on any atom is -0.399 e. The zero-order chi connectivity index (χ0) is 67.6. The number of hydrogen-bond acceptors (Lipinski definition) is 10. The van der Waals surface area contributed by atoms with Crippen molar-refractivity contribution in [1.82, 2.24) is 29.5 Å². The van der Waals surface area contributed by atoms with Crippen molar-refractivity contribution in [3.05, 3.63) is 225 Å². The minimum atomic E-state index is -0.934. The summed E-state index contributed by atoms with van der Waals surface area (Å²) >= 11 is 0. The van der Waals surface area contributed by atoms with E-state index in [1.165, 1.54) is 97.1 Å². The summed E-state index contributed by atoms with van der Waals surface area (Å²) < 4.78 is 101. The molecule has 14 nitrogen and oxygen atoms in total. The number of allylic oxidation sites excluding steroid dienone is 4. The third-order valence-corrected chi connectivity index (χ3v) is 17.6. The maximum absolute atomic E-state index is 14.3. The second-order valence-corrected chi connectivity index (χ2v) is 25.4. The Labute approximate surface area is 544 Å². The number of nitrogens with zero attached hydrogens (tertiary/aromatic N) is 6. The van der Waals surface area contributed by atoms with E-state index >= 15 is 0 Å². The van der Waals surface area contributed by atoms with Crippen LogP contribution >= 0.6 is 0 Å². The highest BCUT2D eigenvalue weighted by Gasteiger charge is 2.52. The van der Waals surface area contributed by atoms with E-state index in [0.717, 1.165) is 54.8 Å². The Morgan fingerprint density at radius 3 is 1.41 bits per heavy atom. The molecule has 2 aliphatic carbocycles. The van der Waals surface area contributed by atoms with Crippen molar-refractivity contribution in [2.24, 2.45) is 11.5 Å². The number of amides is 2. The molecule has 4 aromatic carbocycles. The molecular weight excluding hydrogens is 1210 g/mol. The number of Topliss-reactive ketones (excluding diaryl/α,β-unsaturated/α-hetero) is 2. The first kappa shape index (κ1) is 69.3. The molecule has 2 amide bonds. The van der Waals surface area contributed by atoms with Crippen molar-refractivity contribution in [2.45, 2.75) is 162 Å². The average Bonchev–Trinajstić information content (AvgIpc) is 1.52. The number of nitrogens with two attached hydrogens (primary N) is 2. The number of aromatic nitrogens is 6. The summed E-state index contributed by atoms with van der Waals surface area (Å²) in [6, 6.07) is 21.2. The van der Waals surface area contributed by atoms with Gasteiger partial charge in [0.15, 0.2) is 11.6 Å². The van der Waals surface area contributed by atoms with Crippen LogP contribution in [0.1, 0.15) is 171 Å². The van der Waals surface area contributed by atoms with E-state index in [9.17, 15) is 45.5 Å². The number of pyridine rings is 2. The molecule has 490 valence electrons. The summed E-state index contributed by atoms with van der Waals surface area (Å²) in [5.74, 6) is -7.90. The van der Waals surface area contributed by atoms with Gasteiger partial charge in [0, 0.05) is 83.8 Å². The summed E-state index contributed by atoms with van der Waals surface area (Å²) in [5.41, 5.74) is 18.8. The van der Waals surface area contributed by atoms with Crippen molar-refractivity contribution in [2.75, 3.05) is 0 Å². The molecule has 0 unspecified atom stereocenters. The van der Waals surface area contributed by atoms with Gasteiger partial charge in [0.05, 0.1) is 58.2 Å². The first-order chi connectivity index (χ1) is 44.7. The van der Waals surface area contributed by atoms with E-state index in [-0.39, 0.29) is 61.5 Å². The Morgan fingerprint density at radius 2 is 1.00 bits per heavy atom. The molecule has 0 radical (unpaired) electrons. The molecule has 1 fully saturated rings. The maximum Gasteiger partial charge on any atom is 0.498 e. The predicted molar refractivity (Wildman–Crippen MR) is 349 cm³/mol. The zero-order valence-corrected chi connectivity index (χ0v) is 53.9. The SMILES string of the molecule is CC1=CCCCC1.Cc1nn(CC(=O)C[C@@H](Cc2cc(F)cc(F)c2)c2ncccc2-c2ccc(F)c(C(N)=O)c2)cc1B1OC(C)(C)C(C)(C)O1.Cc1nn(CC(=O)C[C@@H](Cc2cc(F)cc(F)c2)c2ncccc2-c2ccc(F)c(C(N)=O)c2)cc1C1=CCCCC1. The minimum absolute atomic E-state index is 0.00293. The van der Waals surface area contributed by atoms with E-state index < -0.39 is 76.9 Å². The molecule has 0 bridgehead atoms. The fraction of sp³-hybridized carbons (Fsp3) is 0.342. The predicted octanol–water partition coefficient (Wildman–Crippen LogP) is 14.3. The number of ketones is 2. The number of rotatable bonds is 20. The van der Waals surface area contributed by atoms with Gasteiger partial charge in [0.25, 0.3) is 11.8 Å². The summed E-state index contributed by atoms with van der Waals surface area (Å²) in [7, 11) is -0.647. The Morgan fingerprint density at radius 1 is 0.553 bits per heavy atom. The second-order valence-electron chi connectivity index (χ2n) is 25.4. The van der Waals surface area contributed by atoms with Crippen molar-refractivity contribution in [1.29, 1.82) is 0 Å². The van der Waals surface area contributed by atoms with Gasteiger partial charge in [-0.2, -0.15) is 10.2 Å². The van der Waals surface area contributed by atoms with Gasteiger partial charge in [-0.05, 0) is 201 Å². The third-order valence-electron chi connectivity index (χ3n) is 17.6. The van der Waals surface area contributed by atoms with Crippen LogP contribution in [0.4, 0.5) is 26.3 Å². The fourth-order valence-electron chi connectivity index (χ4n) is 12.1. The van der Waals surface area contributed by atoms with Crippen LogP contribution in [0.15, 0.2) is 140 Å². The van der Waals surface area contributed by atoms with E-state index in [1.54, 1.807) is 46.9 Å². The van der Waals surface area contributed by atoms with Gasteiger partial charge in [0.1, 0.15) is 34.9 Å². The normalized spacial score (nSPS) is 15.6. The number of carbonyl (C=O) groups is 4. The molecule has 0 saturated carbocycles. The lowest BCUT2D eigenvalue weighted by Gasteiger charge is -2.32. The fourth-order valence-corrected chi connectivity index (χ4v) is 12.1. The molecule has 4 N–H and O–H groups in total. The van der Waals surface area contributed by atoms with Crippen LogP contribution in [0.3, 0.4) is 0 Å². The Hall–Kier alpha value is -9.08. The number of carbonyl (C=O) groups excluding carboxylic acids is 4. The van der Waals surface area contributed by atoms with Crippen molar-refractivity contribution in [3.8, 4) is 22.3 Å². The maximum atomic E-state index is 14.3. The molecule has 5 heterocycles. The Bertz CT molecular complexity index is 4120. The van der Waals surface area contributed by atoms with Gasteiger partial charge in [0.2, 0.25) is 0 Å². The molecular formula is C73H77BF6N8O6. The van der Waals surface area contributed by atoms with Gasteiger partial charge in [-0.1, -0.05) is 42.0 Å². The molecule has 94 heavy (non-hydrogen) atoms. The topological polar surface area (TPSA) is 200 Å². The van der Waals surface area contributed by atoms with Crippen molar-refractivity contribution >= 4 is 41.5 Å². The van der Waals surface area contributed by atoms with Crippen LogP contribution in [-0.2, 0) is 44.8 Å². The number of aryl methyl sites for hydroxylation is 2. The quantitative estimate of drug-likeness (QED) is 0.0420. The third kappa shape index (κ3) is 17.6. The molecule has 1 saturated heterocycles. The lowest BCUT2D eigenvalue weighted by molar-refractivity contribution is -0.121. The van der Waals surface area contributed by atoms with Crippen LogP contribution in [-0.4, -0.2) is 71.2 Å². The van der Waals surface area contributed by atoms with Crippen LogP contribution in [0.5, 0.6) is 0 Å². The van der Waals surface area contributed by atoms with Gasteiger partial charge in [-0.15, -0.1) is 0 Å². The standard InChI is InChI=1S/C33H34BF3N4O4.C33H31F3N4O2.C7H12/c1-19-28(34-44-32(2,3)33(4,5)45-34)18-41(40-19)17-25(42)14-22(11-20-12-23(35)16-24(36)13-20)30-26(7-6-10-39-30)21-8-9-29(37)27(15-21)31(38)43;1-20-30(22-6-3-2-4-7-22)19-40(39-20)18-27(41)15-24(12-21-13-25(34)17-26(35)14-21)32-28(8-5-11-38-32)23-9-10-31(36)29(16-23)33(37)42;1-7-5-3-2-4-6-7/h6-10,12-13,15-16,18,22H,11,14,17H2,1-5H3,(H2,38,43);5-6,8-11,13-14,16-17,19,24H,2-4,7,12,15,18H2,1H3,(H2,37,42);5H,2-4,6H2,1H3/t22-;24-;/m11./s1. The summed E-state index contributed by atoms with van der Waals surface area (Å²) in [5, 5.41) is 9.09. The molecule has 21 heteroatoms. The van der Waals surface area contributed by atoms with E-state index in [4.69, 9.17) is 20.8 Å². The first-order valence-electron chi connectivity index (χ1n) is 31.5. The highest BCUT2D eigenvalue weighted by atomic mass is 19.2. The second kappa shape index (κ2) is 30.3. The number of primary amides is 2. The zero-order valence-electron chi connectivity index (χ0n) is 53.9. The first-order valence-corrected chi connectivity index (χ1v) is 31.5. The van der Waals surface area contributed by atoms with E-state index in [2.05, 4.69) is 39.2 Å². The number of hydrogen-bond donors (Lipinski definition) is 2. The molecule has 0 spiro atoms. The van der Waals surface area contributed by atoms with Gasteiger partial charge >= 0.3 is 7.12 Å². The molecule has 2 atom stereocenters. The summed E-state index contributed by atoms with van der Waals surface area (Å²) in [6.07, 6.45) is 21.2. The van der Waals surface area contributed by atoms with E-state index in [1.807, 2.05) is 47.7 Å². The van der Waals surface area contributed by atoms with Crippen LogP contribution in [0, 0.1) is 48.8 Å². The lowest BCUT2D eigenvalue weighted by Crippen LogP contribution is -2.41. The number of halogens is 6. The van der Waals surface area contributed by atoms with Gasteiger partial charge in [-0.3, -0.25) is 38.5 Å². The Balaban J connectivity index is 0.000000200. The summed E-state index contributed by atoms with van der Waals surface area (Å²) in [4.78, 5) is 59.8.